The second kappa shape index (κ2) is 11.1. The number of primary sulfonamides is 1. The van der Waals surface area contributed by atoms with Gasteiger partial charge in [0.25, 0.3) is 0 Å². The van der Waals surface area contributed by atoms with Crippen LogP contribution < -0.4 is 16.2 Å². The van der Waals surface area contributed by atoms with E-state index in [2.05, 4.69) is 12.2 Å². The SMILES string of the molecule is CCCCC(C(=O)NCc1cccc(C(=N)N)c1)c1ccc(-c2ccccc2S(N)(=O)=O)cc1. The molecule has 3 aromatic carbocycles. The molecule has 0 aliphatic carbocycles. The third-order valence-electron chi connectivity index (χ3n) is 5.69. The van der Waals surface area contributed by atoms with E-state index in [1.165, 1.54) is 6.07 Å². The molecule has 1 atom stereocenters. The summed E-state index contributed by atoms with van der Waals surface area (Å²) in [6.07, 6.45) is 2.56. The minimum Gasteiger partial charge on any atom is -0.384 e. The van der Waals surface area contributed by atoms with Gasteiger partial charge in [0.2, 0.25) is 15.9 Å². The lowest BCUT2D eigenvalue weighted by Gasteiger charge is -2.18. The summed E-state index contributed by atoms with van der Waals surface area (Å²) in [5, 5.41) is 16.0. The predicted molar refractivity (Wildman–Crippen MR) is 135 cm³/mol. The van der Waals surface area contributed by atoms with Crippen molar-refractivity contribution in [2.24, 2.45) is 10.9 Å². The maximum absolute atomic E-state index is 13.1. The molecular weight excluding hydrogens is 448 g/mol. The van der Waals surface area contributed by atoms with E-state index in [4.69, 9.17) is 16.3 Å². The summed E-state index contributed by atoms with van der Waals surface area (Å²) in [6.45, 7) is 2.41. The van der Waals surface area contributed by atoms with E-state index in [0.717, 1.165) is 24.0 Å². The van der Waals surface area contributed by atoms with Crippen LogP contribution in [-0.4, -0.2) is 20.2 Å². The van der Waals surface area contributed by atoms with Gasteiger partial charge in [-0.15, -0.1) is 0 Å². The molecule has 0 aliphatic rings. The average molecular weight is 479 g/mol. The topological polar surface area (TPSA) is 139 Å². The quantitative estimate of drug-likeness (QED) is 0.259. The number of amidine groups is 1. The smallest absolute Gasteiger partial charge is 0.238 e. The van der Waals surface area contributed by atoms with E-state index < -0.39 is 10.0 Å². The van der Waals surface area contributed by atoms with Gasteiger partial charge in [0, 0.05) is 17.7 Å². The first-order valence-electron chi connectivity index (χ1n) is 11.1. The molecule has 0 bridgehead atoms. The zero-order valence-electron chi connectivity index (χ0n) is 19.1. The monoisotopic (exact) mass is 478 g/mol. The molecule has 0 radical (unpaired) electrons. The van der Waals surface area contributed by atoms with Crippen LogP contribution in [0.15, 0.2) is 77.7 Å². The Balaban J connectivity index is 1.81. The average Bonchev–Trinajstić information content (AvgIpc) is 2.83. The molecule has 3 aromatic rings. The van der Waals surface area contributed by atoms with E-state index in [1.54, 1.807) is 30.3 Å². The Morgan fingerprint density at radius 1 is 1.03 bits per heavy atom. The molecule has 7 nitrogen and oxygen atoms in total. The Morgan fingerprint density at radius 2 is 1.74 bits per heavy atom. The van der Waals surface area contributed by atoms with E-state index in [9.17, 15) is 13.2 Å². The Morgan fingerprint density at radius 3 is 2.38 bits per heavy atom. The lowest BCUT2D eigenvalue weighted by molar-refractivity contribution is -0.122. The van der Waals surface area contributed by atoms with Gasteiger partial charge in [-0.1, -0.05) is 80.4 Å². The van der Waals surface area contributed by atoms with Gasteiger partial charge in [0.1, 0.15) is 5.84 Å². The van der Waals surface area contributed by atoms with Gasteiger partial charge in [-0.3, -0.25) is 10.2 Å². The highest BCUT2D eigenvalue weighted by atomic mass is 32.2. The van der Waals surface area contributed by atoms with Gasteiger partial charge >= 0.3 is 0 Å². The molecule has 178 valence electrons. The van der Waals surface area contributed by atoms with E-state index in [-0.39, 0.29) is 22.6 Å². The number of nitrogens with one attached hydrogen (secondary N) is 2. The largest absolute Gasteiger partial charge is 0.384 e. The van der Waals surface area contributed by atoms with Gasteiger partial charge in [-0.2, -0.15) is 0 Å². The van der Waals surface area contributed by atoms with E-state index >= 15 is 0 Å². The maximum atomic E-state index is 13.1. The van der Waals surface area contributed by atoms with Crippen molar-refractivity contribution in [3.8, 4) is 11.1 Å². The number of hydrogen-bond donors (Lipinski definition) is 4. The highest BCUT2D eigenvalue weighted by molar-refractivity contribution is 7.89. The number of unbranched alkanes of at least 4 members (excludes halogenated alkanes) is 1. The van der Waals surface area contributed by atoms with E-state index in [1.807, 2.05) is 36.4 Å². The first kappa shape index (κ1) is 25.1. The van der Waals surface area contributed by atoms with Gasteiger partial charge in [-0.05, 0) is 35.2 Å². The molecule has 0 aromatic heterocycles. The Bertz CT molecular complexity index is 1270. The van der Waals surface area contributed by atoms with Crippen LogP contribution in [0.2, 0.25) is 0 Å². The van der Waals surface area contributed by atoms with Crippen molar-refractivity contribution in [1.29, 1.82) is 5.41 Å². The third-order valence-corrected chi connectivity index (χ3v) is 6.65. The van der Waals surface area contributed by atoms with Crippen LogP contribution >= 0.6 is 0 Å². The van der Waals surface area contributed by atoms with Crippen molar-refractivity contribution in [2.45, 2.75) is 43.5 Å². The third kappa shape index (κ3) is 6.30. The number of rotatable bonds is 10. The number of nitrogen functional groups attached to an aromatic ring is 1. The number of carbonyl (C=O) groups excluding carboxylic acids is 1. The lowest BCUT2D eigenvalue weighted by Crippen LogP contribution is -2.29. The summed E-state index contributed by atoms with van der Waals surface area (Å²) < 4.78 is 23.9. The summed E-state index contributed by atoms with van der Waals surface area (Å²) in [6, 6.07) is 21.2. The van der Waals surface area contributed by atoms with Gasteiger partial charge in [-0.25, -0.2) is 13.6 Å². The summed E-state index contributed by atoms with van der Waals surface area (Å²) in [4.78, 5) is 13.2. The number of benzene rings is 3. The molecule has 1 unspecified atom stereocenters. The molecule has 0 heterocycles. The Labute approximate surface area is 200 Å². The fraction of sp³-hybridized carbons (Fsp3) is 0.231. The molecule has 0 saturated heterocycles. The maximum Gasteiger partial charge on any atom is 0.238 e. The first-order valence-corrected chi connectivity index (χ1v) is 12.7. The predicted octanol–water partition coefficient (Wildman–Crippen LogP) is 3.88. The molecule has 0 fully saturated rings. The standard InChI is InChI=1S/C26H30N4O3S/c1-2-3-9-23(26(31)30-17-18-7-6-8-21(16-18)25(27)28)20-14-12-19(13-15-20)22-10-4-5-11-24(22)34(29,32)33/h4-8,10-16,23H,2-3,9,17H2,1H3,(H3,27,28)(H,30,31)(H2,29,32,33). The van der Waals surface area contributed by atoms with Crippen LogP contribution in [-0.2, 0) is 21.4 Å². The fourth-order valence-corrected chi connectivity index (χ4v) is 4.63. The van der Waals surface area contributed by atoms with Crippen molar-refractivity contribution >= 4 is 21.8 Å². The zero-order valence-corrected chi connectivity index (χ0v) is 19.9. The van der Waals surface area contributed by atoms with Crippen LogP contribution in [0, 0.1) is 5.41 Å². The van der Waals surface area contributed by atoms with Gasteiger partial charge < -0.3 is 11.1 Å². The van der Waals surface area contributed by atoms with Crippen LogP contribution in [0.25, 0.3) is 11.1 Å². The molecule has 0 saturated carbocycles. The molecule has 0 aliphatic heterocycles. The number of sulfonamides is 1. The minimum absolute atomic E-state index is 0.0157. The van der Waals surface area contributed by atoms with Crippen molar-refractivity contribution in [3.63, 3.8) is 0 Å². The Hall–Kier alpha value is -3.49. The van der Waals surface area contributed by atoms with Crippen molar-refractivity contribution < 1.29 is 13.2 Å². The van der Waals surface area contributed by atoms with Crippen molar-refractivity contribution in [2.75, 3.05) is 0 Å². The molecular formula is C26H30N4O3S. The molecule has 6 N–H and O–H groups in total. The highest BCUT2D eigenvalue weighted by Crippen LogP contribution is 2.29. The second-order valence-electron chi connectivity index (χ2n) is 8.19. The number of amides is 1. The molecule has 1 amide bonds. The first-order chi connectivity index (χ1) is 16.2. The van der Waals surface area contributed by atoms with Crippen LogP contribution in [0.4, 0.5) is 0 Å². The van der Waals surface area contributed by atoms with Gasteiger partial charge in [0.05, 0.1) is 10.8 Å². The van der Waals surface area contributed by atoms with Crippen molar-refractivity contribution in [1.82, 2.24) is 5.32 Å². The summed E-state index contributed by atoms with van der Waals surface area (Å²) in [5.41, 5.74) is 9.14. The Kier molecular flexibility index (Phi) is 8.20. The van der Waals surface area contributed by atoms with Crippen LogP contribution in [0.1, 0.15) is 48.8 Å². The molecule has 8 heteroatoms. The number of carbonyl (C=O) groups is 1. The second-order valence-corrected chi connectivity index (χ2v) is 9.72. The number of hydrogen-bond acceptors (Lipinski definition) is 4. The molecule has 3 rings (SSSR count). The normalized spacial score (nSPS) is 12.2. The summed E-state index contributed by atoms with van der Waals surface area (Å²) in [5.74, 6) is -0.434. The molecule has 34 heavy (non-hydrogen) atoms. The number of nitrogens with two attached hydrogens (primary N) is 2. The van der Waals surface area contributed by atoms with E-state index in [0.29, 0.717) is 29.7 Å². The molecule has 0 spiro atoms. The summed E-state index contributed by atoms with van der Waals surface area (Å²) in [7, 11) is -3.86. The van der Waals surface area contributed by atoms with Crippen molar-refractivity contribution in [3.05, 3.63) is 89.5 Å². The highest BCUT2D eigenvalue weighted by Gasteiger charge is 2.21. The van der Waals surface area contributed by atoms with Crippen LogP contribution in [0.3, 0.4) is 0 Å². The summed E-state index contributed by atoms with van der Waals surface area (Å²) >= 11 is 0. The van der Waals surface area contributed by atoms with Gasteiger partial charge in [0.15, 0.2) is 0 Å². The zero-order chi connectivity index (χ0) is 24.7. The van der Waals surface area contributed by atoms with Crippen LogP contribution in [0.5, 0.6) is 0 Å². The fourth-order valence-electron chi connectivity index (χ4n) is 3.87. The lowest BCUT2D eigenvalue weighted by atomic mass is 9.91. The minimum atomic E-state index is -3.86.